The van der Waals surface area contributed by atoms with Gasteiger partial charge in [-0.2, -0.15) is 0 Å². The molecule has 0 spiro atoms. The van der Waals surface area contributed by atoms with Crippen molar-refractivity contribution in [2.45, 2.75) is 0 Å². The molecule has 0 saturated carbocycles. The van der Waals surface area contributed by atoms with Crippen LogP contribution >= 0.6 is 34.0 Å². The Balaban J connectivity index is 1.29. The summed E-state index contributed by atoms with van der Waals surface area (Å²) in [6, 6.07) is 10.2. The number of thiophene rings is 1. The van der Waals surface area contributed by atoms with E-state index in [0.717, 1.165) is 57.4 Å². The highest BCUT2D eigenvalue weighted by Gasteiger charge is 2.22. The van der Waals surface area contributed by atoms with Crippen molar-refractivity contribution >= 4 is 54.5 Å². The van der Waals surface area contributed by atoms with Crippen LogP contribution in [0, 0.1) is 0 Å². The highest BCUT2D eigenvalue weighted by molar-refractivity contribution is 7.23. The van der Waals surface area contributed by atoms with Crippen molar-refractivity contribution in [3.05, 3.63) is 35.7 Å². The summed E-state index contributed by atoms with van der Waals surface area (Å²) >= 11 is 5.10. The summed E-state index contributed by atoms with van der Waals surface area (Å²) in [6.45, 7) is 3.73. The third kappa shape index (κ3) is 3.26. The molecule has 1 aliphatic heterocycles. The lowest BCUT2D eigenvalue weighted by Crippen LogP contribution is -2.46. The van der Waals surface area contributed by atoms with E-state index in [2.05, 4.69) is 37.5 Å². The number of fused-ring (bicyclic) bond motifs is 1. The zero-order chi connectivity index (χ0) is 18.2. The van der Waals surface area contributed by atoms with Crippen molar-refractivity contribution in [3.8, 4) is 15.6 Å². The number of aromatic nitrogens is 3. The molecule has 1 fully saturated rings. The van der Waals surface area contributed by atoms with Gasteiger partial charge >= 0.3 is 0 Å². The van der Waals surface area contributed by atoms with Crippen LogP contribution in [0.1, 0.15) is 0 Å². The second-order valence-electron chi connectivity index (χ2n) is 6.17. The van der Waals surface area contributed by atoms with E-state index in [9.17, 15) is 0 Å². The topological polar surface area (TPSA) is 54.4 Å². The van der Waals surface area contributed by atoms with Gasteiger partial charge in [0.15, 0.2) is 10.1 Å². The average Bonchev–Trinajstić information content (AvgIpc) is 3.47. The maximum atomic E-state index is 5.32. The molecule has 0 unspecified atom stereocenters. The number of methoxy groups -OCH3 is 1. The second kappa shape index (κ2) is 7.06. The number of hydrogen-bond acceptors (Lipinski definition) is 9. The van der Waals surface area contributed by atoms with E-state index in [1.54, 1.807) is 41.1 Å². The minimum atomic E-state index is 0.875. The van der Waals surface area contributed by atoms with Crippen LogP contribution in [0.2, 0.25) is 0 Å². The number of hydrogen-bond donors (Lipinski definition) is 0. The van der Waals surface area contributed by atoms with Crippen molar-refractivity contribution in [2.24, 2.45) is 0 Å². The maximum absolute atomic E-state index is 5.32. The Morgan fingerprint density at radius 3 is 2.52 bits per heavy atom. The normalized spacial score (nSPS) is 14.9. The number of ether oxygens (including phenoxy) is 1. The van der Waals surface area contributed by atoms with Gasteiger partial charge in [-0.1, -0.05) is 28.7 Å². The molecule has 0 atom stereocenters. The number of nitrogens with zero attached hydrogens (tertiary/aromatic N) is 5. The van der Waals surface area contributed by atoms with Gasteiger partial charge in [-0.3, -0.25) is 0 Å². The van der Waals surface area contributed by atoms with Gasteiger partial charge in [-0.15, -0.1) is 21.5 Å². The largest absolute Gasteiger partial charge is 0.497 e. The lowest BCUT2D eigenvalue weighted by Gasteiger charge is -2.34. The monoisotopic (exact) mass is 415 g/mol. The predicted molar refractivity (Wildman–Crippen MR) is 114 cm³/mol. The molecule has 4 aromatic rings. The van der Waals surface area contributed by atoms with Gasteiger partial charge in [0.1, 0.15) is 5.75 Å². The van der Waals surface area contributed by atoms with E-state index in [1.165, 1.54) is 4.88 Å². The SMILES string of the molecule is COc1ccc2nc(N3CCN(c4nnc(-c5cccs5)s4)CC3)sc2c1. The summed E-state index contributed by atoms with van der Waals surface area (Å²) in [7, 11) is 1.69. The van der Waals surface area contributed by atoms with E-state index in [-0.39, 0.29) is 0 Å². The first-order valence-corrected chi connectivity index (χ1v) is 11.1. The van der Waals surface area contributed by atoms with Gasteiger partial charge in [0.05, 0.1) is 22.2 Å². The molecule has 1 aromatic carbocycles. The van der Waals surface area contributed by atoms with E-state index in [4.69, 9.17) is 9.72 Å². The number of piperazine rings is 1. The minimum absolute atomic E-state index is 0.875. The molecule has 0 aliphatic carbocycles. The Bertz CT molecular complexity index is 1050. The van der Waals surface area contributed by atoms with Crippen molar-refractivity contribution in [2.75, 3.05) is 43.1 Å². The summed E-state index contributed by atoms with van der Waals surface area (Å²) in [4.78, 5) is 10.7. The molecule has 138 valence electrons. The van der Waals surface area contributed by atoms with Crippen LogP contribution in [-0.4, -0.2) is 48.5 Å². The summed E-state index contributed by atoms with van der Waals surface area (Å²) < 4.78 is 6.48. The highest BCUT2D eigenvalue weighted by Crippen LogP contribution is 2.34. The van der Waals surface area contributed by atoms with Crippen LogP contribution in [0.15, 0.2) is 35.7 Å². The minimum Gasteiger partial charge on any atom is -0.497 e. The van der Waals surface area contributed by atoms with Crippen LogP contribution in [-0.2, 0) is 0 Å². The van der Waals surface area contributed by atoms with Gasteiger partial charge in [-0.05, 0) is 29.6 Å². The summed E-state index contributed by atoms with van der Waals surface area (Å²) in [6.07, 6.45) is 0. The molecule has 9 heteroatoms. The molecule has 6 nitrogen and oxygen atoms in total. The maximum Gasteiger partial charge on any atom is 0.208 e. The second-order valence-corrected chi connectivity index (χ2v) is 9.08. The smallest absolute Gasteiger partial charge is 0.208 e. The fraction of sp³-hybridized carbons (Fsp3) is 0.278. The molecule has 27 heavy (non-hydrogen) atoms. The first-order chi connectivity index (χ1) is 13.3. The molecule has 4 heterocycles. The van der Waals surface area contributed by atoms with Crippen LogP contribution in [0.3, 0.4) is 0 Å². The third-order valence-corrected chi connectivity index (χ3v) is 7.65. The lowest BCUT2D eigenvalue weighted by atomic mass is 10.3. The molecular weight excluding hydrogens is 398 g/mol. The van der Waals surface area contributed by atoms with Crippen LogP contribution in [0.5, 0.6) is 5.75 Å². The standard InChI is InChI=1S/C18H17N5OS3/c1-24-12-4-5-13-15(11-12)26-17(19-13)22-6-8-23(9-7-22)18-21-20-16(27-18)14-3-2-10-25-14/h2-5,10-11H,6-9H2,1H3. The number of anilines is 2. The van der Waals surface area contributed by atoms with Gasteiger partial charge in [-0.25, -0.2) is 4.98 Å². The Morgan fingerprint density at radius 1 is 0.963 bits per heavy atom. The zero-order valence-electron chi connectivity index (χ0n) is 14.7. The molecule has 0 N–H and O–H groups in total. The van der Waals surface area contributed by atoms with E-state index < -0.39 is 0 Å². The predicted octanol–water partition coefficient (Wildman–Crippen LogP) is 4.21. The Kier molecular flexibility index (Phi) is 4.42. The molecule has 0 radical (unpaired) electrons. The van der Waals surface area contributed by atoms with Gasteiger partial charge < -0.3 is 14.5 Å². The van der Waals surface area contributed by atoms with Crippen molar-refractivity contribution in [1.29, 1.82) is 0 Å². The van der Waals surface area contributed by atoms with E-state index in [1.807, 2.05) is 18.2 Å². The van der Waals surface area contributed by atoms with E-state index >= 15 is 0 Å². The molecule has 1 saturated heterocycles. The van der Waals surface area contributed by atoms with Crippen LogP contribution in [0.25, 0.3) is 20.1 Å². The van der Waals surface area contributed by atoms with Gasteiger partial charge in [0, 0.05) is 26.2 Å². The van der Waals surface area contributed by atoms with Gasteiger partial charge in [0.25, 0.3) is 0 Å². The van der Waals surface area contributed by atoms with Crippen molar-refractivity contribution < 1.29 is 4.74 Å². The summed E-state index contributed by atoms with van der Waals surface area (Å²) in [5.41, 5.74) is 1.03. The molecular formula is C18H17N5OS3. The zero-order valence-corrected chi connectivity index (χ0v) is 17.1. The fourth-order valence-electron chi connectivity index (χ4n) is 3.09. The lowest BCUT2D eigenvalue weighted by molar-refractivity contribution is 0.415. The fourth-order valence-corrected chi connectivity index (χ4v) is 5.82. The molecule has 3 aromatic heterocycles. The first kappa shape index (κ1) is 16.9. The van der Waals surface area contributed by atoms with E-state index in [0.29, 0.717) is 0 Å². The Morgan fingerprint density at radius 2 is 1.78 bits per heavy atom. The third-order valence-electron chi connectivity index (χ3n) is 4.55. The molecule has 0 bridgehead atoms. The Labute approximate surface area is 168 Å². The molecule has 5 rings (SSSR count). The van der Waals surface area contributed by atoms with Crippen molar-refractivity contribution in [3.63, 3.8) is 0 Å². The Hall–Kier alpha value is -2.23. The van der Waals surface area contributed by atoms with Crippen molar-refractivity contribution in [1.82, 2.24) is 15.2 Å². The first-order valence-electron chi connectivity index (χ1n) is 8.62. The molecule has 0 amide bonds. The molecule has 1 aliphatic rings. The van der Waals surface area contributed by atoms with Crippen LogP contribution in [0.4, 0.5) is 10.3 Å². The summed E-state index contributed by atoms with van der Waals surface area (Å²) in [5.74, 6) is 0.875. The van der Waals surface area contributed by atoms with Gasteiger partial charge in [0.2, 0.25) is 5.13 Å². The summed E-state index contributed by atoms with van der Waals surface area (Å²) in [5, 5.41) is 13.9. The quantitative estimate of drug-likeness (QED) is 0.498. The van der Waals surface area contributed by atoms with Crippen LogP contribution < -0.4 is 14.5 Å². The number of rotatable bonds is 4. The number of thiazole rings is 1. The number of benzene rings is 1. The average molecular weight is 416 g/mol. The highest BCUT2D eigenvalue weighted by atomic mass is 32.1.